The van der Waals surface area contributed by atoms with E-state index in [-0.39, 0.29) is 24.0 Å². The van der Waals surface area contributed by atoms with Gasteiger partial charge in [-0.05, 0) is 38.0 Å². The fourth-order valence-corrected chi connectivity index (χ4v) is 4.53. The molecule has 8 heteroatoms. The fourth-order valence-electron chi connectivity index (χ4n) is 4.53. The van der Waals surface area contributed by atoms with Gasteiger partial charge in [-0.2, -0.15) is 0 Å². The molecule has 2 aromatic rings. The van der Waals surface area contributed by atoms with Gasteiger partial charge in [-0.15, -0.1) is 0 Å². The fraction of sp³-hybridized carbons (Fsp3) is 0.440. The molecule has 0 aliphatic carbocycles. The van der Waals surface area contributed by atoms with Gasteiger partial charge in [0.15, 0.2) is 11.5 Å². The van der Waals surface area contributed by atoms with Crippen LogP contribution >= 0.6 is 0 Å². The summed E-state index contributed by atoms with van der Waals surface area (Å²) in [6, 6.07) is 13.1. The van der Waals surface area contributed by atoms with Crippen molar-refractivity contribution in [1.29, 1.82) is 0 Å². The first kappa shape index (κ1) is 22.8. The zero-order valence-electron chi connectivity index (χ0n) is 19.4. The summed E-state index contributed by atoms with van der Waals surface area (Å²) in [4.78, 5) is 29.9. The molecular weight excluding hydrogens is 422 g/mol. The number of amides is 3. The average Bonchev–Trinajstić information content (AvgIpc) is 2.85. The summed E-state index contributed by atoms with van der Waals surface area (Å²) in [5, 5.41) is 3.01. The molecule has 0 aromatic heterocycles. The first-order valence-electron chi connectivity index (χ1n) is 11.3. The maximum Gasteiger partial charge on any atom is 0.324 e. The van der Waals surface area contributed by atoms with Gasteiger partial charge in [-0.3, -0.25) is 9.69 Å². The van der Waals surface area contributed by atoms with Crippen LogP contribution in [0.1, 0.15) is 25.3 Å². The number of piperidine rings is 1. The number of likely N-dealkylation sites (tertiary alicyclic amines) is 1. The number of nitrogens with zero attached hydrogens (tertiary/aromatic N) is 2. The van der Waals surface area contributed by atoms with E-state index in [0.717, 1.165) is 24.1 Å². The molecule has 2 aliphatic heterocycles. The van der Waals surface area contributed by atoms with Gasteiger partial charge in [-0.25, -0.2) is 4.79 Å². The Kier molecular flexibility index (Phi) is 6.91. The lowest BCUT2D eigenvalue weighted by molar-refractivity contribution is -0.126. The van der Waals surface area contributed by atoms with Gasteiger partial charge < -0.3 is 24.4 Å². The third kappa shape index (κ3) is 4.84. The van der Waals surface area contributed by atoms with Gasteiger partial charge in [0.05, 0.1) is 32.4 Å². The summed E-state index contributed by atoms with van der Waals surface area (Å²) in [6.07, 6.45) is 1.44. The largest absolute Gasteiger partial charge is 0.493 e. The average molecular weight is 454 g/mol. The molecule has 2 heterocycles. The number of urea groups is 1. The lowest BCUT2D eigenvalue weighted by atomic mass is 9.97. The summed E-state index contributed by atoms with van der Waals surface area (Å²) in [6.45, 7) is 3.81. The van der Waals surface area contributed by atoms with E-state index in [0.29, 0.717) is 43.4 Å². The number of fused-ring (bicyclic) bond motifs is 1. The molecule has 0 saturated carbocycles. The zero-order valence-corrected chi connectivity index (χ0v) is 19.4. The standard InChI is InChI=1S/C25H31N3O5/c1-17-15-28(20-10-4-5-11-21(20)33-17)25(30)27-13-7-9-19(16-27)24(29)26-14-18-8-6-12-22(31-2)23(18)32-3/h4-6,8,10-12,17,19H,7,9,13-16H2,1-3H3,(H,26,29). The van der Waals surface area contributed by atoms with E-state index in [9.17, 15) is 9.59 Å². The maximum absolute atomic E-state index is 13.4. The molecule has 8 nitrogen and oxygen atoms in total. The number of hydrogen-bond donors (Lipinski definition) is 1. The van der Waals surface area contributed by atoms with Crippen LogP contribution in [0.5, 0.6) is 17.2 Å². The smallest absolute Gasteiger partial charge is 0.324 e. The monoisotopic (exact) mass is 453 g/mol. The van der Waals surface area contributed by atoms with Crippen LogP contribution in [0.2, 0.25) is 0 Å². The molecule has 2 aromatic carbocycles. The van der Waals surface area contributed by atoms with Crippen LogP contribution in [0.4, 0.5) is 10.5 Å². The van der Waals surface area contributed by atoms with Gasteiger partial charge in [0.1, 0.15) is 11.9 Å². The number of para-hydroxylation sites is 3. The minimum Gasteiger partial charge on any atom is -0.493 e. The summed E-state index contributed by atoms with van der Waals surface area (Å²) in [5.41, 5.74) is 1.62. The predicted octanol–water partition coefficient (Wildman–Crippen LogP) is 3.44. The summed E-state index contributed by atoms with van der Waals surface area (Å²) in [7, 11) is 3.17. The molecule has 1 N–H and O–H groups in total. The number of anilines is 1. The summed E-state index contributed by atoms with van der Waals surface area (Å²) < 4.78 is 16.7. The summed E-state index contributed by atoms with van der Waals surface area (Å²) in [5.74, 6) is 1.63. The number of benzene rings is 2. The number of carbonyl (C=O) groups is 2. The zero-order chi connectivity index (χ0) is 23.4. The van der Waals surface area contributed by atoms with E-state index in [1.54, 1.807) is 24.0 Å². The van der Waals surface area contributed by atoms with Crippen molar-refractivity contribution in [3.05, 3.63) is 48.0 Å². The Hall–Kier alpha value is -3.42. The number of methoxy groups -OCH3 is 2. The van der Waals surface area contributed by atoms with Crippen molar-refractivity contribution in [2.45, 2.75) is 32.4 Å². The van der Waals surface area contributed by atoms with Gasteiger partial charge in [-0.1, -0.05) is 24.3 Å². The lowest BCUT2D eigenvalue weighted by Gasteiger charge is -2.39. The van der Waals surface area contributed by atoms with Crippen LogP contribution in [0.3, 0.4) is 0 Å². The van der Waals surface area contributed by atoms with Crippen LogP contribution in [0.15, 0.2) is 42.5 Å². The molecule has 176 valence electrons. The van der Waals surface area contributed by atoms with Gasteiger partial charge in [0, 0.05) is 25.2 Å². The second kappa shape index (κ2) is 10.0. The van der Waals surface area contributed by atoms with Gasteiger partial charge in [0.2, 0.25) is 5.91 Å². The predicted molar refractivity (Wildman–Crippen MR) is 125 cm³/mol. The molecular formula is C25H31N3O5. The second-order valence-electron chi connectivity index (χ2n) is 8.44. The van der Waals surface area contributed by atoms with Crippen molar-refractivity contribution in [2.24, 2.45) is 5.92 Å². The molecule has 2 unspecified atom stereocenters. The van der Waals surface area contributed by atoms with Gasteiger partial charge >= 0.3 is 6.03 Å². The van der Waals surface area contributed by atoms with E-state index in [1.807, 2.05) is 49.4 Å². The second-order valence-corrected chi connectivity index (χ2v) is 8.44. The number of carbonyl (C=O) groups excluding carboxylic acids is 2. The number of rotatable bonds is 5. The Labute approximate surface area is 194 Å². The highest BCUT2D eigenvalue weighted by molar-refractivity contribution is 5.94. The van der Waals surface area contributed by atoms with Crippen LogP contribution in [0.25, 0.3) is 0 Å². The van der Waals surface area contributed by atoms with Crippen LogP contribution in [-0.4, -0.2) is 56.8 Å². The van der Waals surface area contributed by atoms with Crippen molar-refractivity contribution in [3.8, 4) is 17.2 Å². The van der Waals surface area contributed by atoms with Crippen molar-refractivity contribution in [1.82, 2.24) is 10.2 Å². The Morgan fingerprint density at radius 1 is 1.09 bits per heavy atom. The molecule has 1 saturated heterocycles. The van der Waals surface area contributed by atoms with E-state index < -0.39 is 0 Å². The first-order valence-corrected chi connectivity index (χ1v) is 11.3. The Balaban J connectivity index is 1.41. The maximum atomic E-state index is 13.4. The molecule has 4 rings (SSSR count). The Morgan fingerprint density at radius 3 is 2.70 bits per heavy atom. The molecule has 33 heavy (non-hydrogen) atoms. The number of nitrogens with one attached hydrogen (secondary N) is 1. The highest BCUT2D eigenvalue weighted by Crippen LogP contribution is 2.34. The van der Waals surface area contributed by atoms with E-state index in [1.165, 1.54) is 0 Å². The minimum absolute atomic E-state index is 0.0619. The van der Waals surface area contributed by atoms with Crippen molar-refractivity contribution in [2.75, 3.05) is 38.8 Å². The lowest BCUT2D eigenvalue weighted by Crippen LogP contribution is -2.53. The third-order valence-corrected chi connectivity index (χ3v) is 6.16. The molecule has 2 atom stereocenters. The molecule has 3 amide bonds. The molecule has 0 bridgehead atoms. The van der Waals surface area contributed by atoms with Crippen molar-refractivity contribution >= 4 is 17.6 Å². The van der Waals surface area contributed by atoms with Crippen LogP contribution in [0, 0.1) is 5.92 Å². The molecule has 0 radical (unpaired) electrons. The van der Waals surface area contributed by atoms with Crippen molar-refractivity contribution < 1.29 is 23.8 Å². The number of ether oxygens (including phenoxy) is 3. The SMILES string of the molecule is COc1cccc(CNC(=O)C2CCCN(C(=O)N3CC(C)Oc4ccccc43)C2)c1OC. The highest BCUT2D eigenvalue weighted by atomic mass is 16.5. The molecule has 1 fully saturated rings. The minimum atomic E-state index is -0.256. The van der Waals surface area contributed by atoms with E-state index in [4.69, 9.17) is 14.2 Å². The first-order chi connectivity index (χ1) is 16.0. The molecule has 2 aliphatic rings. The quantitative estimate of drug-likeness (QED) is 0.750. The Morgan fingerprint density at radius 2 is 1.91 bits per heavy atom. The topological polar surface area (TPSA) is 80.3 Å². The highest BCUT2D eigenvalue weighted by Gasteiger charge is 2.34. The van der Waals surface area contributed by atoms with Crippen LogP contribution in [-0.2, 0) is 11.3 Å². The third-order valence-electron chi connectivity index (χ3n) is 6.16. The van der Waals surface area contributed by atoms with Crippen LogP contribution < -0.4 is 24.4 Å². The summed E-state index contributed by atoms with van der Waals surface area (Å²) >= 11 is 0. The van der Waals surface area contributed by atoms with E-state index >= 15 is 0 Å². The van der Waals surface area contributed by atoms with Gasteiger partial charge in [0.25, 0.3) is 0 Å². The molecule has 0 spiro atoms. The normalized spacial score (nSPS) is 19.8. The van der Waals surface area contributed by atoms with E-state index in [2.05, 4.69) is 5.32 Å². The van der Waals surface area contributed by atoms with Crippen molar-refractivity contribution in [3.63, 3.8) is 0 Å². The number of hydrogen-bond acceptors (Lipinski definition) is 5. The Bertz CT molecular complexity index is 1010.